The molecule has 4 saturated carbocycles. The molecule has 5 fully saturated rings. The number of ketones is 1. The first kappa shape index (κ1) is 17.4. The van der Waals surface area contributed by atoms with Gasteiger partial charge in [0.25, 0.3) is 0 Å². The second kappa shape index (κ2) is 5.56. The predicted octanol–water partition coefficient (Wildman–Crippen LogP) is 5.21. The van der Waals surface area contributed by atoms with Crippen LogP contribution in [0.1, 0.15) is 70.9 Å². The van der Waals surface area contributed by atoms with E-state index in [2.05, 4.69) is 37.0 Å². The summed E-state index contributed by atoms with van der Waals surface area (Å²) in [4.78, 5) is 16.9. The third-order valence-corrected chi connectivity index (χ3v) is 9.81. The second-order valence-corrected chi connectivity index (χ2v) is 10.6. The van der Waals surface area contributed by atoms with Gasteiger partial charge in [-0.2, -0.15) is 0 Å². The van der Waals surface area contributed by atoms with Gasteiger partial charge >= 0.3 is 0 Å². The third kappa shape index (κ3) is 2.04. The first-order chi connectivity index (χ1) is 13.5. The molecule has 3 heteroatoms. The number of fused-ring (bicyclic) bond motifs is 4. The Hall–Kier alpha value is -1.48. The molecule has 2 heterocycles. The Kier molecular flexibility index (Phi) is 3.45. The number of pyridine rings is 1. The van der Waals surface area contributed by atoms with Gasteiger partial charge in [0.05, 0.1) is 5.69 Å². The second-order valence-electron chi connectivity index (χ2n) is 10.6. The summed E-state index contributed by atoms with van der Waals surface area (Å²) in [7, 11) is 0. The first-order valence-corrected chi connectivity index (χ1v) is 11.3. The van der Waals surface area contributed by atoms with Crippen LogP contribution < -0.4 is 0 Å². The maximum Gasteiger partial charge on any atom is 0.164 e. The lowest BCUT2D eigenvalue weighted by atomic mass is 9.45. The van der Waals surface area contributed by atoms with Crippen molar-refractivity contribution in [1.82, 2.24) is 4.98 Å². The summed E-state index contributed by atoms with van der Waals surface area (Å²) >= 11 is 0. The number of rotatable bonds is 1. The molecule has 3 unspecified atom stereocenters. The SMILES string of the molecule is C[C@]12CCC3C(CC[C@]45O[C@H]4C(=O)CC[C@]35C)C1CC/C2=C\c1ccccn1. The van der Waals surface area contributed by atoms with E-state index in [0.29, 0.717) is 11.2 Å². The molecule has 5 aliphatic rings. The number of ether oxygens (including phenoxy) is 1. The smallest absolute Gasteiger partial charge is 0.164 e. The van der Waals surface area contributed by atoms with E-state index >= 15 is 0 Å². The zero-order chi connectivity index (χ0) is 19.1. The summed E-state index contributed by atoms with van der Waals surface area (Å²) in [6, 6.07) is 6.21. The topological polar surface area (TPSA) is 42.5 Å². The van der Waals surface area contributed by atoms with Gasteiger partial charge in [-0.15, -0.1) is 0 Å². The van der Waals surface area contributed by atoms with Crippen LogP contribution in [0.4, 0.5) is 0 Å². The predicted molar refractivity (Wildman–Crippen MR) is 108 cm³/mol. The molecule has 6 rings (SSSR count). The first-order valence-electron chi connectivity index (χ1n) is 11.3. The number of carbonyl (C=O) groups is 1. The fourth-order valence-corrected chi connectivity index (χ4v) is 8.22. The minimum absolute atomic E-state index is 0.0660. The molecule has 1 spiro atoms. The molecule has 1 aromatic rings. The maximum absolute atomic E-state index is 12.3. The Morgan fingerprint density at radius 1 is 1.07 bits per heavy atom. The quantitative estimate of drug-likeness (QED) is 0.631. The molecule has 1 aliphatic heterocycles. The van der Waals surface area contributed by atoms with E-state index in [1.54, 1.807) is 5.57 Å². The molecule has 0 N–H and O–H groups in total. The Morgan fingerprint density at radius 2 is 1.96 bits per heavy atom. The van der Waals surface area contributed by atoms with Crippen molar-refractivity contribution in [1.29, 1.82) is 0 Å². The van der Waals surface area contributed by atoms with Crippen LogP contribution in [0.2, 0.25) is 0 Å². The van der Waals surface area contributed by atoms with E-state index in [0.717, 1.165) is 42.7 Å². The van der Waals surface area contributed by atoms with E-state index in [1.165, 1.54) is 32.1 Å². The van der Waals surface area contributed by atoms with Crippen LogP contribution in [0.5, 0.6) is 0 Å². The maximum atomic E-state index is 12.3. The molecule has 0 aromatic carbocycles. The molecule has 28 heavy (non-hydrogen) atoms. The van der Waals surface area contributed by atoms with Crippen LogP contribution in [0.25, 0.3) is 6.08 Å². The summed E-state index contributed by atoms with van der Waals surface area (Å²) in [5.41, 5.74) is 3.18. The third-order valence-electron chi connectivity index (χ3n) is 9.81. The number of Topliss-reactive ketones (excluding diaryl/α,β-unsaturated/α-hetero) is 1. The van der Waals surface area contributed by atoms with Crippen molar-refractivity contribution in [2.75, 3.05) is 0 Å². The van der Waals surface area contributed by atoms with Crippen molar-refractivity contribution >= 4 is 11.9 Å². The minimum Gasteiger partial charge on any atom is -0.357 e. The highest BCUT2D eigenvalue weighted by atomic mass is 16.6. The molecule has 0 amide bonds. The Balaban J connectivity index is 1.32. The van der Waals surface area contributed by atoms with E-state index in [-0.39, 0.29) is 17.1 Å². The van der Waals surface area contributed by atoms with E-state index in [4.69, 9.17) is 4.74 Å². The Morgan fingerprint density at radius 3 is 2.79 bits per heavy atom. The van der Waals surface area contributed by atoms with Crippen molar-refractivity contribution < 1.29 is 9.53 Å². The average molecular weight is 378 g/mol. The van der Waals surface area contributed by atoms with Gasteiger partial charge in [0.2, 0.25) is 0 Å². The number of hydrogen-bond donors (Lipinski definition) is 0. The molecule has 1 aromatic heterocycles. The zero-order valence-electron chi connectivity index (χ0n) is 17.1. The lowest BCUT2D eigenvalue weighted by Crippen LogP contribution is -2.57. The number of hydrogen-bond acceptors (Lipinski definition) is 3. The largest absolute Gasteiger partial charge is 0.357 e. The van der Waals surface area contributed by atoms with E-state index in [1.807, 2.05) is 12.3 Å². The molecule has 3 nitrogen and oxygen atoms in total. The summed E-state index contributed by atoms with van der Waals surface area (Å²) in [5.74, 6) is 2.68. The van der Waals surface area contributed by atoms with Crippen LogP contribution in [0.3, 0.4) is 0 Å². The van der Waals surface area contributed by atoms with Gasteiger partial charge in [-0.05, 0) is 86.3 Å². The van der Waals surface area contributed by atoms with E-state index in [9.17, 15) is 4.79 Å². The van der Waals surface area contributed by atoms with Crippen molar-refractivity contribution in [2.45, 2.75) is 76.9 Å². The summed E-state index contributed by atoms with van der Waals surface area (Å²) < 4.78 is 6.20. The fourth-order valence-electron chi connectivity index (χ4n) is 8.22. The molecular formula is C25H31NO2. The molecule has 0 radical (unpaired) electrons. The zero-order valence-corrected chi connectivity index (χ0v) is 17.1. The van der Waals surface area contributed by atoms with Crippen LogP contribution in [-0.2, 0) is 9.53 Å². The monoisotopic (exact) mass is 377 g/mol. The molecule has 7 atom stereocenters. The summed E-state index contributed by atoms with van der Waals surface area (Å²) in [6.45, 7) is 5.00. The summed E-state index contributed by atoms with van der Waals surface area (Å²) in [5, 5.41) is 0. The van der Waals surface area contributed by atoms with Gasteiger partial charge in [-0.1, -0.05) is 25.5 Å². The minimum atomic E-state index is -0.0948. The van der Waals surface area contributed by atoms with Crippen LogP contribution in [0, 0.1) is 28.6 Å². The van der Waals surface area contributed by atoms with Gasteiger partial charge in [0, 0.05) is 18.0 Å². The van der Waals surface area contributed by atoms with E-state index < -0.39 is 0 Å². The van der Waals surface area contributed by atoms with Crippen molar-refractivity contribution in [2.24, 2.45) is 28.6 Å². The van der Waals surface area contributed by atoms with Crippen molar-refractivity contribution in [3.63, 3.8) is 0 Å². The Labute approximate surface area is 168 Å². The standard InChI is InChI=1S/C25H31NO2/c1-23-11-9-20-18(8-13-25-22(28-25)21(27)10-12-24(20,25)2)19(23)7-6-16(23)15-17-5-3-4-14-26-17/h3-5,14-15,18-20,22H,6-13H2,1-2H3/b16-15+/t18?,19?,20?,22-,23+,24+,25-/m0/s1. The number of aromatic nitrogens is 1. The van der Waals surface area contributed by atoms with Crippen molar-refractivity contribution in [3.05, 3.63) is 35.7 Å². The number of allylic oxidation sites excluding steroid dienone is 1. The highest BCUT2D eigenvalue weighted by molar-refractivity contribution is 5.88. The van der Waals surface area contributed by atoms with Gasteiger partial charge in [0.15, 0.2) is 5.78 Å². The number of epoxide rings is 1. The number of carbonyl (C=O) groups excluding carboxylic acids is 1. The molecule has 4 aliphatic carbocycles. The van der Waals surface area contributed by atoms with Crippen molar-refractivity contribution in [3.8, 4) is 0 Å². The van der Waals surface area contributed by atoms with Gasteiger partial charge < -0.3 is 4.74 Å². The Bertz CT molecular complexity index is 863. The van der Waals surface area contributed by atoms with Crippen LogP contribution in [-0.4, -0.2) is 22.5 Å². The fraction of sp³-hybridized carbons (Fsp3) is 0.680. The summed E-state index contributed by atoms with van der Waals surface area (Å²) in [6.07, 6.45) is 13.5. The highest BCUT2D eigenvalue weighted by Crippen LogP contribution is 2.72. The van der Waals surface area contributed by atoms with Gasteiger partial charge in [-0.25, -0.2) is 0 Å². The molecule has 148 valence electrons. The normalized spacial score (nSPS) is 50.5. The lowest BCUT2D eigenvalue weighted by molar-refractivity contribution is -0.128. The van der Waals surface area contributed by atoms with Crippen LogP contribution in [0.15, 0.2) is 30.0 Å². The highest BCUT2D eigenvalue weighted by Gasteiger charge is 2.76. The number of nitrogens with zero attached hydrogens (tertiary/aromatic N) is 1. The van der Waals surface area contributed by atoms with Gasteiger partial charge in [0.1, 0.15) is 11.7 Å². The van der Waals surface area contributed by atoms with Gasteiger partial charge in [-0.3, -0.25) is 9.78 Å². The molecular weight excluding hydrogens is 346 g/mol. The average Bonchev–Trinajstić information content (AvgIpc) is 3.36. The lowest BCUT2D eigenvalue weighted by Gasteiger charge is -2.58. The molecule has 1 saturated heterocycles. The molecule has 0 bridgehead atoms. The van der Waals surface area contributed by atoms with Crippen LogP contribution >= 0.6 is 0 Å².